The summed E-state index contributed by atoms with van der Waals surface area (Å²) in [7, 11) is 3.12. The molecule has 7 nitrogen and oxygen atoms in total. The van der Waals surface area contributed by atoms with Crippen molar-refractivity contribution in [1.29, 1.82) is 0 Å². The van der Waals surface area contributed by atoms with Crippen molar-refractivity contribution >= 4 is 29.1 Å². The van der Waals surface area contributed by atoms with Gasteiger partial charge in [0, 0.05) is 24.9 Å². The van der Waals surface area contributed by atoms with Crippen LogP contribution >= 0.6 is 11.3 Å². The number of carboxylic acids is 1. The summed E-state index contributed by atoms with van der Waals surface area (Å²) in [6, 6.07) is 8.29. The van der Waals surface area contributed by atoms with Gasteiger partial charge < -0.3 is 20.1 Å². The fourth-order valence-electron chi connectivity index (χ4n) is 3.31. The van der Waals surface area contributed by atoms with Crippen LogP contribution in [-0.4, -0.2) is 41.9 Å². The Morgan fingerprint density at radius 1 is 1.37 bits per heavy atom. The molecule has 1 aromatic heterocycles. The van der Waals surface area contributed by atoms with Crippen molar-refractivity contribution < 1.29 is 24.2 Å². The molecule has 2 atom stereocenters. The number of carboxylic acid groups (broad SMARTS) is 1. The van der Waals surface area contributed by atoms with E-state index in [1.54, 1.807) is 24.1 Å². The molecule has 2 heterocycles. The molecule has 0 saturated carbocycles. The second-order valence-corrected chi connectivity index (χ2v) is 7.31. The van der Waals surface area contributed by atoms with Crippen LogP contribution in [0.15, 0.2) is 35.7 Å². The number of carbonyl (C=O) groups excluding carboxylic acids is 2. The minimum atomic E-state index is -1.10. The van der Waals surface area contributed by atoms with Crippen molar-refractivity contribution in [1.82, 2.24) is 10.2 Å². The molecular weight excluding hydrogens is 368 g/mol. The van der Waals surface area contributed by atoms with Gasteiger partial charge in [-0.15, -0.1) is 11.3 Å². The quantitative estimate of drug-likeness (QED) is 0.792. The van der Waals surface area contributed by atoms with Crippen molar-refractivity contribution in [2.24, 2.45) is 5.92 Å². The molecule has 1 aromatic carbocycles. The SMILES string of the molecule is COc1ccc(CNC(=O)[C@H]2CC(=O)N(C)[C@@H]2c2cccs2)cc1C(=O)O. The number of carbonyl (C=O) groups is 3. The zero-order valence-electron chi connectivity index (χ0n) is 15.0. The van der Waals surface area contributed by atoms with Crippen LogP contribution in [0.4, 0.5) is 0 Å². The minimum Gasteiger partial charge on any atom is -0.496 e. The largest absolute Gasteiger partial charge is 0.496 e. The van der Waals surface area contributed by atoms with Crippen LogP contribution in [0.25, 0.3) is 0 Å². The van der Waals surface area contributed by atoms with Crippen molar-refractivity contribution in [2.75, 3.05) is 14.2 Å². The zero-order valence-corrected chi connectivity index (χ0v) is 15.8. The number of nitrogens with zero attached hydrogens (tertiary/aromatic N) is 1. The number of amides is 2. The van der Waals surface area contributed by atoms with Gasteiger partial charge in [0.15, 0.2) is 0 Å². The Balaban J connectivity index is 1.73. The summed E-state index contributed by atoms with van der Waals surface area (Å²) in [5, 5.41) is 14.0. The molecule has 1 saturated heterocycles. The maximum atomic E-state index is 12.7. The monoisotopic (exact) mass is 388 g/mol. The lowest BCUT2D eigenvalue weighted by molar-refractivity contribution is -0.128. The van der Waals surface area contributed by atoms with Crippen molar-refractivity contribution in [3.8, 4) is 5.75 Å². The second-order valence-electron chi connectivity index (χ2n) is 6.33. The highest BCUT2D eigenvalue weighted by Crippen LogP contribution is 2.39. The van der Waals surface area contributed by atoms with Gasteiger partial charge in [-0.2, -0.15) is 0 Å². The van der Waals surface area contributed by atoms with Gasteiger partial charge >= 0.3 is 5.97 Å². The fraction of sp³-hybridized carbons (Fsp3) is 0.316. The number of hydrogen-bond acceptors (Lipinski definition) is 5. The molecule has 1 fully saturated rings. The van der Waals surface area contributed by atoms with E-state index >= 15 is 0 Å². The van der Waals surface area contributed by atoms with Crippen LogP contribution in [0.3, 0.4) is 0 Å². The molecule has 1 aliphatic rings. The molecule has 0 spiro atoms. The average Bonchev–Trinajstić information content (AvgIpc) is 3.28. The van der Waals surface area contributed by atoms with Crippen molar-refractivity contribution in [3.63, 3.8) is 0 Å². The summed E-state index contributed by atoms with van der Waals surface area (Å²) in [6.07, 6.45) is 0.161. The normalized spacial score (nSPS) is 19.2. The number of ether oxygens (including phenoxy) is 1. The van der Waals surface area contributed by atoms with Gasteiger partial charge in [-0.05, 0) is 29.1 Å². The minimum absolute atomic E-state index is 0.0384. The van der Waals surface area contributed by atoms with Crippen LogP contribution in [0.2, 0.25) is 0 Å². The molecule has 142 valence electrons. The number of rotatable bonds is 6. The first-order valence-electron chi connectivity index (χ1n) is 8.39. The summed E-state index contributed by atoms with van der Waals surface area (Å²) >= 11 is 1.52. The molecule has 2 amide bonds. The predicted molar refractivity (Wildman–Crippen MR) is 99.7 cm³/mol. The highest BCUT2D eigenvalue weighted by atomic mass is 32.1. The second kappa shape index (κ2) is 7.79. The molecule has 0 bridgehead atoms. The number of likely N-dealkylation sites (tertiary alicyclic amines) is 1. The Morgan fingerprint density at radius 2 is 2.15 bits per heavy atom. The van der Waals surface area contributed by atoms with Gasteiger partial charge in [-0.25, -0.2) is 4.79 Å². The molecule has 0 unspecified atom stereocenters. The predicted octanol–water partition coefficient (Wildman–Crippen LogP) is 2.29. The van der Waals surface area contributed by atoms with Crippen molar-refractivity contribution in [2.45, 2.75) is 19.0 Å². The summed E-state index contributed by atoms with van der Waals surface area (Å²) in [4.78, 5) is 38.8. The molecule has 8 heteroatoms. The third-order valence-electron chi connectivity index (χ3n) is 4.72. The Hall–Kier alpha value is -2.87. The number of methoxy groups -OCH3 is 1. The maximum Gasteiger partial charge on any atom is 0.339 e. The first-order valence-corrected chi connectivity index (χ1v) is 9.27. The fourth-order valence-corrected chi connectivity index (χ4v) is 4.24. The van der Waals surface area contributed by atoms with E-state index in [0.717, 1.165) is 4.88 Å². The van der Waals surface area contributed by atoms with E-state index in [4.69, 9.17) is 4.74 Å². The average molecular weight is 388 g/mol. The summed E-state index contributed by atoms with van der Waals surface area (Å²) < 4.78 is 5.04. The van der Waals surface area contributed by atoms with E-state index in [2.05, 4.69) is 5.32 Å². The van der Waals surface area contributed by atoms with Gasteiger partial charge in [0.25, 0.3) is 0 Å². The lowest BCUT2D eigenvalue weighted by Crippen LogP contribution is -2.34. The summed E-state index contributed by atoms with van der Waals surface area (Å²) in [5.41, 5.74) is 0.684. The molecule has 27 heavy (non-hydrogen) atoms. The third kappa shape index (κ3) is 3.80. The molecule has 0 radical (unpaired) electrons. The van der Waals surface area contributed by atoms with Gasteiger partial charge in [0.05, 0.1) is 19.1 Å². The Kier molecular flexibility index (Phi) is 5.46. The van der Waals surface area contributed by atoms with Crippen LogP contribution in [0.1, 0.15) is 33.3 Å². The van der Waals surface area contributed by atoms with Gasteiger partial charge in [-0.3, -0.25) is 9.59 Å². The van der Waals surface area contributed by atoms with E-state index < -0.39 is 11.9 Å². The maximum absolute atomic E-state index is 12.7. The Morgan fingerprint density at radius 3 is 2.78 bits per heavy atom. The van der Waals surface area contributed by atoms with E-state index in [0.29, 0.717) is 5.56 Å². The molecule has 1 aliphatic heterocycles. The number of thiophene rings is 1. The standard InChI is InChI=1S/C19H20N2O5S/c1-21-16(22)9-13(17(21)15-4-3-7-27-15)18(23)20-10-11-5-6-14(26-2)12(8-11)19(24)25/h3-8,13,17H,9-10H2,1-2H3,(H,20,23)(H,24,25)/t13-,17-/m0/s1. The van der Waals surface area contributed by atoms with E-state index in [9.17, 15) is 19.5 Å². The van der Waals surface area contributed by atoms with Gasteiger partial charge in [0.1, 0.15) is 11.3 Å². The number of benzene rings is 1. The van der Waals surface area contributed by atoms with E-state index in [1.807, 2.05) is 17.5 Å². The first kappa shape index (κ1) is 18.9. The number of nitrogens with one attached hydrogen (secondary N) is 1. The highest BCUT2D eigenvalue weighted by Gasteiger charge is 2.43. The zero-order chi connectivity index (χ0) is 19.6. The van der Waals surface area contributed by atoms with Crippen LogP contribution < -0.4 is 10.1 Å². The Labute approximate surface area is 160 Å². The Bertz CT molecular complexity index is 865. The number of aromatic carboxylic acids is 1. The molecular formula is C19H20N2O5S. The summed E-state index contributed by atoms with van der Waals surface area (Å²) in [5.74, 6) is -1.59. The first-order chi connectivity index (χ1) is 12.9. The highest BCUT2D eigenvalue weighted by molar-refractivity contribution is 7.10. The lowest BCUT2D eigenvalue weighted by Gasteiger charge is -2.23. The molecule has 3 rings (SSSR count). The smallest absolute Gasteiger partial charge is 0.339 e. The molecule has 0 aliphatic carbocycles. The van der Waals surface area contributed by atoms with Crippen LogP contribution in [0.5, 0.6) is 5.75 Å². The van der Waals surface area contributed by atoms with Crippen LogP contribution in [-0.2, 0) is 16.1 Å². The number of hydrogen-bond donors (Lipinski definition) is 2. The van der Waals surface area contributed by atoms with Crippen LogP contribution in [0, 0.1) is 5.92 Å². The third-order valence-corrected chi connectivity index (χ3v) is 5.66. The summed E-state index contributed by atoms with van der Waals surface area (Å²) in [6.45, 7) is 0.175. The van der Waals surface area contributed by atoms with Crippen molar-refractivity contribution in [3.05, 3.63) is 51.7 Å². The van der Waals surface area contributed by atoms with E-state index in [-0.39, 0.29) is 42.1 Å². The topological polar surface area (TPSA) is 95.9 Å². The lowest BCUT2D eigenvalue weighted by atomic mass is 9.97. The van der Waals surface area contributed by atoms with Gasteiger partial charge in [-0.1, -0.05) is 12.1 Å². The van der Waals surface area contributed by atoms with Gasteiger partial charge in [0.2, 0.25) is 11.8 Å². The molecule has 2 N–H and O–H groups in total. The van der Waals surface area contributed by atoms with E-state index in [1.165, 1.54) is 24.5 Å². The molecule has 2 aromatic rings.